The average Bonchev–Trinajstić information content (AvgIpc) is 2.17. The van der Waals surface area contributed by atoms with E-state index < -0.39 is 18.5 Å². The van der Waals surface area contributed by atoms with Crippen molar-refractivity contribution in [3.63, 3.8) is 0 Å². The van der Waals surface area contributed by atoms with Gasteiger partial charge in [0.05, 0.1) is 0 Å². The molecule has 0 aliphatic rings. The summed E-state index contributed by atoms with van der Waals surface area (Å²) in [4.78, 5) is 32.0. The maximum Gasteiger partial charge on any atom is 0.329 e. The lowest BCUT2D eigenvalue weighted by Gasteiger charge is -2.05. The molecule has 0 aromatic heterocycles. The third kappa shape index (κ3) is 8.95. The molecule has 0 rings (SSSR count). The summed E-state index contributed by atoms with van der Waals surface area (Å²) in [5.41, 5.74) is 0. The molecule has 0 aliphatic carbocycles. The number of carboxylic acids is 1. The van der Waals surface area contributed by atoms with Crippen LogP contribution in [0.1, 0.15) is 13.3 Å². The van der Waals surface area contributed by atoms with Crippen molar-refractivity contribution in [2.24, 2.45) is 0 Å². The number of hydrogen-bond acceptors (Lipinski definition) is 4. The van der Waals surface area contributed by atoms with E-state index in [4.69, 9.17) is 5.11 Å². The molecule has 7 heteroatoms. The van der Waals surface area contributed by atoms with Crippen LogP contribution < -0.4 is 10.6 Å². The molecule has 0 unspecified atom stereocenters. The first kappa shape index (κ1) is 14.4. The van der Waals surface area contributed by atoms with E-state index in [1.807, 2.05) is 0 Å². The van der Waals surface area contributed by atoms with Gasteiger partial charge in [-0.2, -0.15) is 0 Å². The van der Waals surface area contributed by atoms with Crippen LogP contribution in [0.2, 0.25) is 0 Å². The monoisotopic (exact) mass is 232 g/mol. The summed E-state index contributed by atoms with van der Waals surface area (Å²) in [5.74, 6) is -1.71. The Balaban J connectivity index is 3.43. The molecular weight excluding hydrogens is 216 g/mol. The van der Waals surface area contributed by atoms with E-state index in [9.17, 15) is 14.4 Å². The summed E-state index contributed by atoms with van der Waals surface area (Å²) in [7, 11) is 0. The van der Waals surface area contributed by atoms with Gasteiger partial charge in [-0.3, -0.25) is 9.59 Å². The number of aliphatic carboxylic acids is 1. The van der Waals surface area contributed by atoms with Gasteiger partial charge < -0.3 is 20.5 Å². The fraction of sp³-hybridized carbons (Fsp3) is 0.667. The van der Waals surface area contributed by atoms with Crippen LogP contribution in [0, 0.1) is 0 Å². The van der Waals surface area contributed by atoms with E-state index in [1.165, 1.54) is 0 Å². The molecule has 16 heavy (non-hydrogen) atoms. The minimum atomic E-state index is -1.13. The summed E-state index contributed by atoms with van der Waals surface area (Å²) in [6.07, 6.45) is 0.193. The zero-order valence-electron chi connectivity index (χ0n) is 9.12. The Morgan fingerprint density at radius 2 is 1.81 bits per heavy atom. The van der Waals surface area contributed by atoms with Gasteiger partial charge in [-0.15, -0.1) is 0 Å². The Morgan fingerprint density at radius 3 is 2.38 bits per heavy atom. The van der Waals surface area contributed by atoms with Crippen LogP contribution in [0.25, 0.3) is 0 Å². The third-order valence-electron chi connectivity index (χ3n) is 1.51. The van der Waals surface area contributed by atoms with Gasteiger partial charge in [0, 0.05) is 19.5 Å². The van der Waals surface area contributed by atoms with Crippen LogP contribution in [0.5, 0.6) is 0 Å². The molecule has 92 valence electrons. The number of ether oxygens (including phenoxy) is 1. The van der Waals surface area contributed by atoms with Crippen LogP contribution in [-0.4, -0.2) is 49.2 Å². The van der Waals surface area contributed by atoms with Crippen LogP contribution >= 0.6 is 0 Å². The van der Waals surface area contributed by atoms with Gasteiger partial charge >= 0.3 is 5.97 Å². The molecule has 0 bridgehead atoms. The predicted molar refractivity (Wildman–Crippen MR) is 54.8 cm³/mol. The molecule has 3 N–H and O–H groups in total. The highest BCUT2D eigenvalue weighted by atomic mass is 16.5. The van der Waals surface area contributed by atoms with Crippen molar-refractivity contribution in [2.45, 2.75) is 13.3 Å². The SMILES string of the molecule is CCNC(=O)CCNC(=O)COCC(=O)O. The number of rotatable bonds is 8. The fourth-order valence-corrected chi connectivity index (χ4v) is 0.883. The largest absolute Gasteiger partial charge is 0.480 e. The minimum Gasteiger partial charge on any atom is -0.480 e. The molecule has 0 heterocycles. The molecule has 0 atom stereocenters. The summed E-state index contributed by atoms with van der Waals surface area (Å²) in [6, 6.07) is 0. The van der Waals surface area contributed by atoms with E-state index in [2.05, 4.69) is 15.4 Å². The standard InChI is InChI=1S/C9H16N2O5/c1-2-10-7(12)3-4-11-8(13)5-16-6-9(14)15/h2-6H2,1H3,(H,10,12)(H,11,13)(H,14,15). The highest BCUT2D eigenvalue weighted by Gasteiger charge is 2.04. The van der Waals surface area contributed by atoms with Gasteiger partial charge in [0.1, 0.15) is 13.2 Å². The number of hydrogen-bond donors (Lipinski definition) is 3. The second kappa shape index (κ2) is 8.66. The molecule has 0 spiro atoms. The van der Waals surface area contributed by atoms with Crippen molar-refractivity contribution < 1.29 is 24.2 Å². The highest BCUT2D eigenvalue weighted by molar-refractivity contribution is 5.79. The molecule has 2 amide bonds. The molecule has 0 aromatic carbocycles. The van der Waals surface area contributed by atoms with E-state index >= 15 is 0 Å². The molecule has 0 aromatic rings. The van der Waals surface area contributed by atoms with Gasteiger partial charge in [-0.1, -0.05) is 0 Å². The summed E-state index contributed by atoms with van der Waals surface area (Å²) < 4.78 is 4.55. The Hall–Kier alpha value is -1.63. The van der Waals surface area contributed by atoms with Crippen LogP contribution in [0.3, 0.4) is 0 Å². The molecule has 0 radical (unpaired) electrons. The van der Waals surface area contributed by atoms with Crippen molar-refractivity contribution >= 4 is 17.8 Å². The van der Waals surface area contributed by atoms with Gasteiger partial charge in [0.2, 0.25) is 11.8 Å². The topological polar surface area (TPSA) is 105 Å². The molecule has 7 nitrogen and oxygen atoms in total. The zero-order chi connectivity index (χ0) is 12.4. The predicted octanol–water partition coefficient (Wildman–Crippen LogP) is -1.27. The van der Waals surface area contributed by atoms with Gasteiger partial charge in [0.15, 0.2) is 0 Å². The number of carbonyl (C=O) groups excluding carboxylic acids is 2. The Labute approximate surface area is 93.2 Å². The number of amides is 2. The lowest BCUT2D eigenvalue weighted by molar-refractivity contribution is -0.143. The van der Waals surface area contributed by atoms with Crippen LogP contribution in [-0.2, 0) is 19.1 Å². The normalized spacial score (nSPS) is 9.56. The second-order valence-electron chi connectivity index (χ2n) is 2.94. The molecule has 0 saturated heterocycles. The Kier molecular flexibility index (Phi) is 7.78. The second-order valence-corrected chi connectivity index (χ2v) is 2.94. The van der Waals surface area contributed by atoms with Crippen molar-refractivity contribution in [3.8, 4) is 0 Å². The van der Waals surface area contributed by atoms with E-state index in [-0.39, 0.29) is 25.5 Å². The minimum absolute atomic E-state index is 0.144. The van der Waals surface area contributed by atoms with Gasteiger partial charge in [-0.25, -0.2) is 4.79 Å². The quantitative estimate of drug-likeness (QED) is 0.484. The number of nitrogens with one attached hydrogen (secondary N) is 2. The lowest BCUT2D eigenvalue weighted by Crippen LogP contribution is -2.33. The average molecular weight is 232 g/mol. The van der Waals surface area contributed by atoms with Crippen LogP contribution in [0.15, 0.2) is 0 Å². The first-order valence-electron chi connectivity index (χ1n) is 4.89. The summed E-state index contributed by atoms with van der Waals surface area (Å²) in [5, 5.41) is 13.2. The fourth-order valence-electron chi connectivity index (χ4n) is 0.883. The summed E-state index contributed by atoms with van der Waals surface area (Å²) in [6.45, 7) is 1.73. The maximum atomic E-state index is 11.0. The smallest absolute Gasteiger partial charge is 0.329 e. The van der Waals surface area contributed by atoms with E-state index in [0.29, 0.717) is 6.54 Å². The summed E-state index contributed by atoms with van der Waals surface area (Å²) >= 11 is 0. The molecule has 0 aliphatic heterocycles. The van der Waals surface area contributed by atoms with E-state index in [0.717, 1.165) is 0 Å². The lowest BCUT2D eigenvalue weighted by atomic mass is 10.4. The highest BCUT2D eigenvalue weighted by Crippen LogP contribution is 1.79. The van der Waals surface area contributed by atoms with Crippen molar-refractivity contribution in [2.75, 3.05) is 26.3 Å². The van der Waals surface area contributed by atoms with Crippen molar-refractivity contribution in [1.82, 2.24) is 10.6 Å². The Morgan fingerprint density at radius 1 is 1.12 bits per heavy atom. The maximum absolute atomic E-state index is 11.0. The van der Waals surface area contributed by atoms with Gasteiger partial charge in [-0.05, 0) is 6.92 Å². The first-order chi connectivity index (χ1) is 7.56. The first-order valence-corrected chi connectivity index (χ1v) is 4.89. The molecular formula is C9H16N2O5. The number of carboxylic acid groups (broad SMARTS) is 1. The van der Waals surface area contributed by atoms with Crippen molar-refractivity contribution in [3.05, 3.63) is 0 Å². The molecule has 0 fully saturated rings. The van der Waals surface area contributed by atoms with Gasteiger partial charge in [0.25, 0.3) is 0 Å². The van der Waals surface area contributed by atoms with Crippen LogP contribution in [0.4, 0.5) is 0 Å². The molecule has 0 saturated carbocycles. The zero-order valence-corrected chi connectivity index (χ0v) is 9.12. The number of carbonyl (C=O) groups is 3. The third-order valence-corrected chi connectivity index (χ3v) is 1.51. The van der Waals surface area contributed by atoms with Crippen molar-refractivity contribution in [1.29, 1.82) is 0 Å². The Bertz CT molecular complexity index is 254. The van der Waals surface area contributed by atoms with E-state index in [1.54, 1.807) is 6.92 Å².